The highest BCUT2D eigenvalue weighted by Crippen LogP contribution is 2.22. The minimum Gasteiger partial charge on any atom is -0.319 e. The maximum atomic E-state index is 12.9. The van der Waals surface area contributed by atoms with Crippen LogP contribution in [-0.4, -0.2) is 41.7 Å². The molecule has 0 bridgehead atoms. The van der Waals surface area contributed by atoms with Crippen LogP contribution in [-0.2, 0) is 10.0 Å². The van der Waals surface area contributed by atoms with Crippen molar-refractivity contribution < 1.29 is 13.2 Å². The highest BCUT2D eigenvalue weighted by Gasteiger charge is 2.26. The van der Waals surface area contributed by atoms with Crippen LogP contribution in [0.3, 0.4) is 0 Å². The number of nitrogens with one attached hydrogen (secondary N) is 1. The third-order valence-electron chi connectivity index (χ3n) is 4.99. The molecule has 7 nitrogen and oxygen atoms in total. The van der Waals surface area contributed by atoms with E-state index < -0.39 is 15.9 Å². The summed E-state index contributed by atoms with van der Waals surface area (Å²) in [6.07, 6.45) is 5.82. The first-order chi connectivity index (χ1) is 14.5. The van der Waals surface area contributed by atoms with E-state index in [0.29, 0.717) is 24.6 Å². The number of nitrogens with zero attached hydrogens (tertiary/aromatic N) is 3. The zero-order chi connectivity index (χ0) is 21.0. The Morgan fingerprint density at radius 3 is 2.30 bits per heavy atom. The SMILES string of the molecule is O=C(Nc1cnc(-c2ccccc2)nc1)c1cccc(S(=O)(=O)N2CCCCC2)c1. The summed E-state index contributed by atoms with van der Waals surface area (Å²) in [6, 6.07) is 15.6. The van der Waals surface area contributed by atoms with Crippen molar-refractivity contribution in [2.24, 2.45) is 0 Å². The molecule has 30 heavy (non-hydrogen) atoms. The number of piperidine rings is 1. The van der Waals surface area contributed by atoms with Gasteiger partial charge >= 0.3 is 0 Å². The number of benzene rings is 2. The van der Waals surface area contributed by atoms with E-state index in [4.69, 9.17) is 0 Å². The summed E-state index contributed by atoms with van der Waals surface area (Å²) in [5, 5.41) is 2.72. The van der Waals surface area contributed by atoms with Crippen LogP contribution < -0.4 is 5.32 Å². The molecule has 0 unspecified atom stereocenters. The summed E-state index contributed by atoms with van der Waals surface area (Å²) < 4.78 is 27.2. The molecule has 1 aliphatic rings. The van der Waals surface area contributed by atoms with Crippen molar-refractivity contribution >= 4 is 21.6 Å². The highest BCUT2D eigenvalue weighted by atomic mass is 32.2. The first-order valence-corrected chi connectivity index (χ1v) is 11.3. The molecule has 0 aliphatic carbocycles. The molecule has 1 saturated heterocycles. The second-order valence-corrected chi connectivity index (χ2v) is 9.05. The van der Waals surface area contributed by atoms with Gasteiger partial charge < -0.3 is 5.32 Å². The summed E-state index contributed by atoms with van der Waals surface area (Å²) in [6.45, 7) is 1.04. The van der Waals surface area contributed by atoms with Crippen molar-refractivity contribution in [3.8, 4) is 11.4 Å². The van der Waals surface area contributed by atoms with Crippen LogP contribution in [0.15, 0.2) is 71.9 Å². The van der Waals surface area contributed by atoms with Gasteiger partial charge in [0.2, 0.25) is 10.0 Å². The van der Waals surface area contributed by atoms with Gasteiger partial charge in [0.25, 0.3) is 5.91 Å². The van der Waals surface area contributed by atoms with Crippen molar-refractivity contribution in [1.82, 2.24) is 14.3 Å². The molecule has 0 radical (unpaired) electrons. The number of aromatic nitrogens is 2. The second kappa shape index (κ2) is 8.73. The van der Waals surface area contributed by atoms with Crippen LogP contribution in [0.1, 0.15) is 29.6 Å². The monoisotopic (exact) mass is 422 g/mol. The molecular formula is C22H22N4O3S. The third kappa shape index (κ3) is 4.39. The lowest BCUT2D eigenvalue weighted by molar-refractivity contribution is 0.102. The fourth-order valence-electron chi connectivity index (χ4n) is 3.38. The number of rotatable bonds is 5. The van der Waals surface area contributed by atoms with E-state index in [-0.39, 0.29) is 10.5 Å². The van der Waals surface area contributed by atoms with Gasteiger partial charge in [-0.1, -0.05) is 42.8 Å². The largest absolute Gasteiger partial charge is 0.319 e. The van der Waals surface area contributed by atoms with Gasteiger partial charge in [-0.25, -0.2) is 18.4 Å². The molecule has 2 heterocycles. The highest BCUT2D eigenvalue weighted by molar-refractivity contribution is 7.89. The smallest absolute Gasteiger partial charge is 0.255 e. The summed E-state index contributed by atoms with van der Waals surface area (Å²) in [5.74, 6) is 0.143. The second-order valence-electron chi connectivity index (χ2n) is 7.11. The number of anilines is 1. The zero-order valence-corrected chi connectivity index (χ0v) is 17.2. The van der Waals surface area contributed by atoms with E-state index in [2.05, 4.69) is 15.3 Å². The molecule has 0 atom stereocenters. The molecule has 1 fully saturated rings. The first-order valence-electron chi connectivity index (χ1n) is 9.83. The Hall–Kier alpha value is -3.10. The van der Waals surface area contributed by atoms with Crippen molar-refractivity contribution in [2.45, 2.75) is 24.2 Å². The minimum atomic E-state index is -3.60. The van der Waals surface area contributed by atoms with Gasteiger partial charge in [0.15, 0.2) is 5.82 Å². The molecule has 1 amide bonds. The van der Waals surface area contributed by atoms with E-state index in [1.54, 1.807) is 12.1 Å². The summed E-state index contributed by atoms with van der Waals surface area (Å²) in [4.78, 5) is 21.4. The number of hydrogen-bond acceptors (Lipinski definition) is 5. The summed E-state index contributed by atoms with van der Waals surface area (Å²) >= 11 is 0. The molecule has 0 spiro atoms. The Balaban J connectivity index is 1.49. The molecule has 4 rings (SSSR count). The fraction of sp³-hybridized carbons (Fsp3) is 0.227. The van der Waals surface area contributed by atoms with Gasteiger partial charge in [0.1, 0.15) is 0 Å². The number of sulfonamides is 1. The normalized spacial score (nSPS) is 14.9. The van der Waals surface area contributed by atoms with Crippen LogP contribution in [0, 0.1) is 0 Å². The predicted octanol–water partition coefficient (Wildman–Crippen LogP) is 3.57. The number of carbonyl (C=O) groups excluding carboxylic acids is 1. The van der Waals surface area contributed by atoms with E-state index >= 15 is 0 Å². The molecular weight excluding hydrogens is 400 g/mol. The third-order valence-corrected chi connectivity index (χ3v) is 6.89. The average molecular weight is 423 g/mol. The Bertz CT molecular complexity index is 1130. The summed E-state index contributed by atoms with van der Waals surface area (Å²) in [7, 11) is -3.60. The number of amides is 1. The van der Waals surface area contributed by atoms with E-state index in [9.17, 15) is 13.2 Å². The zero-order valence-electron chi connectivity index (χ0n) is 16.4. The number of hydrogen-bond donors (Lipinski definition) is 1. The van der Waals surface area contributed by atoms with Gasteiger partial charge in [-0.2, -0.15) is 4.31 Å². The molecule has 1 aliphatic heterocycles. The average Bonchev–Trinajstić information content (AvgIpc) is 2.81. The lowest BCUT2D eigenvalue weighted by atomic mass is 10.2. The molecule has 8 heteroatoms. The van der Waals surface area contributed by atoms with Crippen LogP contribution in [0.4, 0.5) is 5.69 Å². The summed E-state index contributed by atoms with van der Waals surface area (Å²) in [5.41, 5.74) is 1.58. The molecule has 2 aromatic carbocycles. The maximum Gasteiger partial charge on any atom is 0.255 e. The molecule has 0 saturated carbocycles. The maximum absolute atomic E-state index is 12.9. The fourth-order valence-corrected chi connectivity index (χ4v) is 4.95. The van der Waals surface area contributed by atoms with Crippen molar-refractivity contribution in [3.05, 3.63) is 72.6 Å². The van der Waals surface area contributed by atoms with Crippen LogP contribution >= 0.6 is 0 Å². The van der Waals surface area contributed by atoms with Crippen LogP contribution in [0.2, 0.25) is 0 Å². The van der Waals surface area contributed by atoms with Gasteiger partial charge in [0.05, 0.1) is 23.0 Å². The topological polar surface area (TPSA) is 92.3 Å². The standard InChI is InChI=1S/C22H22N4O3S/c27-22(25-19-15-23-21(24-16-19)17-8-3-1-4-9-17)18-10-7-11-20(14-18)30(28,29)26-12-5-2-6-13-26/h1,3-4,7-11,14-16H,2,5-6,12-13H2,(H,25,27). The van der Waals surface area contributed by atoms with Gasteiger partial charge in [0, 0.05) is 24.2 Å². The molecule has 154 valence electrons. The van der Waals surface area contributed by atoms with E-state index in [1.807, 2.05) is 30.3 Å². The first kappa shape index (κ1) is 20.2. The van der Waals surface area contributed by atoms with Crippen molar-refractivity contribution in [2.75, 3.05) is 18.4 Å². The van der Waals surface area contributed by atoms with Gasteiger partial charge in [-0.15, -0.1) is 0 Å². The number of carbonyl (C=O) groups is 1. The molecule has 1 aromatic heterocycles. The Morgan fingerprint density at radius 1 is 0.900 bits per heavy atom. The molecule has 3 aromatic rings. The van der Waals surface area contributed by atoms with Gasteiger partial charge in [-0.05, 0) is 31.0 Å². The van der Waals surface area contributed by atoms with Crippen LogP contribution in [0.5, 0.6) is 0 Å². The van der Waals surface area contributed by atoms with E-state index in [0.717, 1.165) is 24.8 Å². The lowest BCUT2D eigenvalue weighted by Crippen LogP contribution is -2.35. The lowest BCUT2D eigenvalue weighted by Gasteiger charge is -2.26. The Morgan fingerprint density at radius 2 is 1.60 bits per heavy atom. The van der Waals surface area contributed by atoms with Crippen molar-refractivity contribution in [3.63, 3.8) is 0 Å². The Labute approximate surface area is 175 Å². The predicted molar refractivity (Wildman–Crippen MR) is 114 cm³/mol. The Kier molecular flexibility index (Phi) is 5.87. The van der Waals surface area contributed by atoms with Gasteiger partial charge in [-0.3, -0.25) is 4.79 Å². The quantitative estimate of drug-likeness (QED) is 0.679. The van der Waals surface area contributed by atoms with Crippen molar-refractivity contribution in [1.29, 1.82) is 0 Å². The van der Waals surface area contributed by atoms with E-state index in [1.165, 1.54) is 28.8 Å². The molecule has 1 N–H and O–H groups in total. The van der Waals surface area contributed by atoms with Crippen LogP contribution in [0.25, 0.3) is 11.4 Å². The minimum absolute atomic E-state index is 0.132.